The van der Waals surface area contributed by atoms with E-state index in [2.05, 4.69) is 0 Å². The van der Waals surface area contributed by atoms with Crippen LogP contribution in [0.3, 0.4) is 0 Å². The zero-order valence-electron chi connectivity index (χ0n) is 12.9. The van der Waals surface area contributed by atoms with E-state index >= 15 is 0 Å². The molecule has 0 atom stereocenters. The maximum atomic E-state index is 12.4. The molecule has 0 bridgehead atoms. The summed E-state index contributed by atoms with van der Waals surface area (Å²) >= 11 is 0. The lowest BCUT2D eigenvalue weighted by Gasteiger charge is -2.17. The monoisotopic (exact) mass is 315 g/mol. The Balaban J connectivity index is 2.15. The number of methoxy groups -OCH3 is 1. The topological polar surface area (TPSA) is 98.7 Å². The highest BCUT2D eigenvalue weighted by Crippen LogP contribution is 2.23. The first-order chi connectivity index (χ1) is 10.9. The number of hydrogen-bond acceptors (Lipinski definition) is 5. The number of amides is 1. The Kier molecular flexibility index (Phi) is 4.80. The van der Waals surface area contributed by atoms with Gasteiger partial charge in [0.1, 0.15) is 11.4 Å². The van der Waals surface area contributed by atoms with Crippen LogP contribution >= 0.6 is 0 Å². The molecule has 0 saturated heterocycles. The molecule has 2 N–H and O–H groups in total. The van der Waals surface area contributed by atoms with Gasteiger partial charge in [-0.15, -0.1) is 0 Å². The molecule has 1 amide bonds. The maximum absolute atomic E-state index is 12.4. The van der Waals surface area contributed by atoms with Gasteiger partial charge in [-0.3, -0.25) is 14.9 Å². The van der Waals surface area contributed by atoms with Crippen molar-refractivity contribution in [3.63, 3.8) is 0 Å². The van der Waals surface area contributed by atoms with Gasteiger partial charge in [-0.2, -0.15) is 0 Å². The van der Waals surface area contributed by atoms with Crippen molar-refractivity contribution in [2.75, 3.05) is 19.9 Å². The third kappa shape index (κ3) is 3.76. The summed E-state index contributed by atoms with van der Waals surface area (Å²) in [6.45, 7) is 0.376. The molecule has 0 aliphatic heterocycles. The summed E-state index contributed by atoms with van der Waals surface area (Å²) in [4.78, 5) is 24.2. The number of nitrogens with zero attached hydrogens (tertiary/aromatic N) is 2. The van der Waals surface area contributed by atoms with Gasteiger partial charge in [0.05, 0.1) is 12.0 Å². The highest BCUT2D eigenvalue weighted by Gasteiger charge is 2.18. The van der Waals surface area contributed by atoms with Crippen LogP contribution in [0.25, 0.3) is 0 Å². The first-order valence-electron chi connectivity index (χ1n) is 6.84. The minimum atomic E-state index is -0.602. The number of carbonyl (C=O) groups is 1. The summed E-state index contributed by atoms with van der Waals surface area (Å²) in [5, 5.41) is 10.9. The predicted octanol–water partition coefficient (Wildman–Crippen LogP) is 2.46. The van der Waals surface area contributed by atoms with E-state index < -0.39 is 4.92 Å². The smallest absolute Gasteiger partial charge is 0.292 e. The third-order valence-corrected chi connectivity index (χ3v) is 3.40. The van der Waals surface area contributed by atoms with Crippen molar-refractivity contribution in [3.8, 4) is 5.75 Å². The quantitative estimate of drug-likeness (QED) is 0.519. The molecule has 0 heterocycles. The van der Waals surface area contributed by atoms with Crippen molar-refractivity contribution < 1.29 is 14.5 Å². The molecule has 120 valence electrons. The summed E-state index contributed by atoms with van der Waals surface area (Å²) in [6, 6.07) is 11.4. The van der Waals surface area contributed by atoms with Crippen molar-refractivity contribution in [2.45, 2.75) is 6.54 Å². The molecule has 0 aromatic heterocycles. The summed E-state index contributed by atoms with van der Waals surface area (Å²) in [5.41, 5.74) is 6.45. The summed E-state index contributed by atoms with van der Waals surface area (Å²) < 4.78 is 5.08. The van der Waals surface area contributed by atoms with Gasteiger partial charge in [0.2, 0.25) is 0 Å². The fourth-order valence-electron chi connectivity index (χ4n) is 2.13. The summed E-state index contributed by atoms with van der Waals surface area (Å²) in [5.74, 6) is 0.417. The van der Waals surface area contributed by atoms with Crippen molar-refractivity contribution >= 4 is 17.3 Å². The summed E-state index contributed by atoms with van der Waals surface area (Å²) in [6.07, 6.45) is 0. The molecular formula is C16H17N3O4. The van der Waals surface area contributed by atoms with Crippen LogP contribution in [0.2, 0.25) is 0 Å². The summed E-state index contributed by atoms with van der Waals surface area (Å²) in [7, 11) is 3.22. The number of hydrogen-bond donors (Lipinski definition) is 1. The van der Waals surface area contributed by atoms with Crippen LogP contribution in [-0.2, 0) is 6.54 Å². The lowest BCUT2D eigenvalue weighted by atomic mass is 10.1. The minimum Gasteiger partial charge on any atom is -0.497 e. The molecule has 2 aromatic carbocycles. The minimum absolute atomic E-state index is 0.0318. The predicted molar refractivity (Wildman–Crippen MR) is 86.3 cm³/mol. The van der Waals surface area contributed by atoms with E-state index in [1.165, 1.54) is 23.1 Å². The molecular weight excluding hydrogens is 298 g/mol. The van der Waals surface area contributed by atoms with Crippen LogP contribution in [0.4, 0.5) is 11.4 Å². The van der Waals surface area contributed by atoms with Crippen LogP contribution in [0.1, 0.15) is 15.9 Å². The van der Waals surface area contributed by atoms with Gasteiger partial charge < -0.3 is 15.4 Å². The number of nitro groups is 1. The van der Waals surface area contributed by atoms with Crippen molar-refractivity contribution in [2.24, 2.45) is 0 Å². The molecule has 0 fully saturated rings. The number of benzene rings is 2. The molecule has 0 radical (unpaired) electrons. The Hall–Kier alpha value is -3.09. The number of nitrogens with two attached hydrogens (primary N) is 1. The number of ether oxygens (including phenoxy) is 1. The standard InChI is InChI=1S/C16H17N3O4/c1-18(10-11-3-6-13(23-2)7-4-11)16(20)12-5-8-14(17)15(9-12)19(21)22/h3-9H,10,17H2,1-2H3. The van der Waals surface area contributed by atoms with E-state index in [0.29, 0.717) is 6.54 Å². The Morgan fingerprint density at radius 1 is 1.26 bits per heavy atom. The fraction of sp³-hybridized carbons (Fsp3) is 0.188. The van der Waals surface area contributed by atoms with Gasteiger partial charge in [-0.25, -0.2) is 0 Å². The molecule has 0 spiro atoms. The number of nitro benzene ring substituents is 1. The number of nitrogen functional groups attached to an aromatic ring is 1. The van der Waals surface area contributed by atoms with Crippen molar-refractivity contribution in [1.29, 1.82) is 0 Å². The molecule has 0 aliphatic carbocycles. The Bertz CT molecular complexity index is 729. The number of carbonyl (C=O) groups excluding carboxylic acids is 1. The first kappa shape index (κ1) is 16.3. The van der Waals surface area contributed by atoms with Crippen LogP contribution in [-0.4, -0.2) is 29.9 Å². The zero-order chi connectivity index (χ0) is 17.0. The number of anilines is 1. The Morgan fingerprint density at radius 2 is 1.91 bits per heavy atom. The lowest BCUT2D eigenvalue weighted by Crippen LogP contribution is -2.26. The van der Waals surface area contributed by atoms with E-state index in [1.807, 2.05) is 24.3 Å². The van der Waals surface area contributed by atoms with E-state index in [9.17, 15) is 14.9 Å². The fourth-order valence-corrected chi connectivity index (χ4v) is 2.13. The molecule has 2 aromatic rings. The van der Waals surface area contributed by atoms with Crippen LogP contribution in [0, 0.1) is 10.1 Å². The van der Waals surface area contributed by atoms with Gasteiger partial charge in [0, 0.05) is 25.2 Å². The van der Waals surface area contributed by atoms with Crippen LogP contribution in [0.15, 0.2) is 42.5 Å². The second-order valence-electron chi connectivity index (χ2n) is 5.04. The third-order valence-electron chi connectivity index (χ3n) is 3.40. The van der Waals surface area contributed by atoms with E-state index in [0.717, 1.165) is 11.3 Å². The van der Waals surface area contributed by atoms with Gasteiger partial charge in [-0.05, 0) is 29.8 Å². The van der Waals surface area contributed by atoms with E-state index in [1.54, 1.807) is 14.2 Å². The first-order valence-corrected chi connectivity index (χ1v) is 6.84. The molecule has 0 aliphatic rings. The van der Waals surface area contributed by atoms with Crippen molar-refractivity contribution in [1.82, 2.24) is 4.90 Å². The molecule has 2 rings (SSSR count). The molecule has 0 saturated carbocycles. The molecule has 7 nitrogen and oxygen atoms in total. The molecule has 7 heteroatoms. The zero-order valence-corrected chi connectivity index (χ0v) is 12.9. The average Bonchev–Trinajstić information content (AvgIpc) is 2.55. The Labute approximate surface area is 133 Å². The maximum Gasteiger partial charge on any atom is 0.292 e. The number of rotatable bonds is 5. The van der Waals surface area contributed by atoms with E-state index in [4.69, 9.17) is 10.5 Å². The largest absolute Gasteiger partial charge is 0.497 e. The molecule has 23 heavy (non-hydrogen) atoms. The lowest BCUT2D eigenvalue weighted by molar-refractivity contribution is -0.383. The Morgan fingerprint density at radius 3 is 2.48 bits per heavy atom. The normalized spacial score (nSPS) is 10.2. The highest BCUT2D eigenvalue weighted by atomic mass is 16.6. The second-order valence-corrected chi connectivity index (χ2v) is 5.04. The second kappa shape index (κ2) is 6.78. The van der Waals surface area contributed by atoms with Gasteiger partial charge in [-0.1, -0.05) is 12.1 Å². The van der Waals surface area contributed by atoms with E-state index in [-0.39, 0.29) is 22.8 Å². The van der Waals surface area contributed by atoms with Crippen LogP contribution in [0.5, 0.6) is 5.75 Å². The van der Waals surface area contributed by atoms with Gasteiger partial charge in [0.25, 0.3) is 11.6 Å². The SMILES string of the molecule is COc1ccc(CN(C)C(=O)c2ccc(N)c([N+](=O)[O-])c2)cc1. The molecule has 0 unspecified atom stereocenters. The van der Waals surface area contributed by atoms with Gasteiger partial charge >= 0.3 is 0 Å². The van der Waals surface area contributed by atoms with Crippen LogP contribution < -0.4 is 10.5 Å². The highest BCUT2D eigenvalue weighted by molar-refractivity contribution is 5.95. The van der Waals surface area contributed by atoms with Gasteiger partial charge in [0.15, 0.2) is 0 Å². The van der Waals surface area contributed by atoms with Crippen molar-refractivity contribution in [3.05, 3.63) is 63.7 Å². The average molecular weight is 315 g/mol.